The molecule has 1 N–H and O–H groups in total. The Morgan fingerprint density at radius 1 is 1.75 bits per heavy atom. The second-order valence-electron chi connectivity index (χ2n) is 2.43. The molecule has 1 rings (SSSR count). The minimum Gasteiger partial charge on any atom is -0.390 e. The summed E-state index contributed by atoms with van der Waals surface area (Å²) in [5, 5.41) is 10.2. The van der Waals surface area contributed by atoms with Crippen LogP contribution < -0.4 is 5.59 Å². The Kier molecular flexibility index (Phi) is 2.47. The smallest absolute Gasteiger partial charge is 0.390 e. The van der Waals surface area contributed by atoms with Crippen LogP contribution in [0.1, 0.15) is 19.0 Å². The first-order chi connectivity index (χ1) is 5.65. The second kappa shape index (κ2) is 3.38. The van der Waals surface area contributed by atoms with Crippen LogP contribution in [0.4, 0.5) is 5.95 Å². The first kappa shape index (κ1) is 8.77. The van der Waals surface area contributed by atoms with Crippen LogP contribution in [0, 0.1) is 10.1 Å². The van der Waals surface area contributed by atoms with Crippen molar-refractivity contribution in [1.29, 1.82) is 0 Å². The van der Waals surface area contributed by atoms with Crippen LogP contribution >= 0.6 is 0 Å². The third kappa shape index (κ3) is 1.64. The van der Waals surface area contributed by atoms with Gasteiger partial charge in [-0.2, -0.15) is 0 Å². The van der Waals surface area contributed by atoms with Crippen LogP contribution in [0.3, 0.4) is 0 Å². The molecule has 12 heavy (non-hydrogen) atoms. The van der Waals surface area contributed by atoms with Gasteiger partial charge in [-0.1, -0.05) is 11.9 Å². The summed E-state index contributed by atoms with van der Waals surface area (Å²) in [4.78, 5) is 15.8. The molecule has 0 amide bonds. The molecule has 0 atom stereocenters. The monoisotopic (exact) mass is 165 g/mol. The molecule has 0 aliphatic heterocycles. The van der Waals surface area contributed by atoms with E-state index in [0.717, 1.165) is 6.42 Å². The third-order valence-electron chi connectivity index (χ3n) is 1.46. The van der Waals surface area contributed by atoms with E-state index in [2.05, 4.69) is 9.97 Å². The average Bonchev–Trinajstić information content (AvgIpc) is 2.34. The molecule has 2 radical (unpaired) electrons. The van der Waals surface area contributed by atoms with E-state index in [1.54, 1.807) is 0 Å². The number of aryl methyl sites for hydroxylation is 1. The topological polar surface area (TPSA) is 71.8 Å². The Bertz CT molecular complexity index is 297. The number of imidazole rings is 1. The van der Waals surface area contributed by atoms with Gasteiger partial charge in [0.25, 0.3) is 0 Å². The van der Waals surface area contributed by atoms with Crippen molar-refractivity contribution in [2.45, 2.75) is 19.8 Å². The molecule has 0 bridgehead atoms. The van der Waals surface area contributed by atoms with Crippen molar-refractivity contribution in [2.24, 2.45) is 0 Å². The van der Waals surface area contributed by atoms with Crippen LogP contribution in [0.5, 0.6) is 0 Å². The number of rotatable bonds is 3. The summed E-state index contributed by atoms with van der Waals surface area (Å²) < 4.78 is 0. The predicted octanol–water partition coefficient (Wildman–Crippen LogP) is 0.0642. The highest BCUT2D eigenvalue weighted by atomic mass is 16.6. The van der Waals surface area contributed by atoms with E-state index in [-0.39, 0.29) is 5.95 Å². The van der Waals surface area contributed by atoms with Crippen LogP contribution in [-0.4, -0.2) is 22.7 Å². The standard InChI is InChI=1S/C6H8BN3O2/c1-2-3-4-5(7)9-6(8-4)10(11)12/h2-3H2,1H3,(H,8,9). The molecule has 0 saturated heterocycles. The fourth-order valence-electron chi connectivity index (χ4n) is 0.922. The van der Waals surface area contributed by atoms with E-state index in [1.807, 2.05) is 6.92 Å². The highest BCUT2D eigenvalue weighted by Crippen LogP contribution is 2.03. The molecule has 1 aromatic rings. The Morgan fingerprint density at radius 2 is 2.42 bits per heavy atom. The summed E-state index contributed by atoms with van der Waals surface area (Å²) in [6, 6.07) is 0. The van der Waals surface area contributed by atoms with Crippen molar-refractivity contribution >= 4 is 19.4 Å². The second-order valence-corrected chi connectivity index (χ2v) is 2.43. The van der Waals surface area contributed by atoms with E-state index in [9.17, 15) is 10.1 Å². The number of nitrogens with zero attached hydrogens (tertiary/aromatic N) is 2. The SMILES string of the molecule is [B]c1[nH]c([N+](=O)[O-])nc1CCC. The lowest BCUT2D eigenvalue weighted by Gasteiger charge is -1.86. The van der Waals surface area contributed by atoms with Crippen LogP contribution in [0.2, 0.25) is 0 Å². The van der Waals surface area contributed by atoms with E-state index in [4.69, 9.17) is 7.85 Å². The van der Waals surface area contributed by atoms with E-state index < -0.39 is 4.92 Å². The number of aromatic amines is 1. The Labute approximate surface area is 70.8 Å². The van der Waals surface area contributed by atoms with Gasteiger partial charge in [-0.3, -0.25) is 4.98 Å². The first-order valence-electron chi connectivity index (χ1n) is 3.64. The first-order valence-corrected chi connectivity index (χ1v) is 3.64. The zero-order chi connectivity index (χ0) is 9.14. The normalized spacial score (nSPS) is 10.1. The van der Waals surface area contributed by atoms with Gasteiger partial charge < -0.3 is 10.1 Å². The molecule has 1 heterocycles. The third-order valence-corrected chi connectivity index (χ3v) is 1.46. The molecule has 0 aromatic carbocycles. The number of nitrogens with one attached hydrogen (secondary N) is 1. The molecule has 0 unspecified atom stereocenters. The van der Waals surface area contributed by atoms with Gasteiger partial charge in [0.1, 0.15) is 5.69 Å². The maximum absolute atomic E-state index is 10.2. The number of aromatic nitrogens is 2. The lowest BCUT2D eigenvalue weighted by molar-refractivity contribution is -0.393. The van der Waals surface area contributed by atoms with Crippen molar-refractivity contribution in [3.05, 3.63) is 15.8 Å². The van der Waals surface area contributed by atoms with Crippen molar-refractivity contribution in [3.8, 4) is 0 Å². The van der Waals surface area contributed by atoms with Crippen molar-refractivity contribution in [3.63, 3.8) is 0 Å². The Morgan fingerprint density at radius 3 is 2.83 bits per heavy atom. The number of hydrogen-bond donors (Lipinski definition) is 1. The molecule has 0 aliphatic carbocycles. The Balaban J connectivity index is 2.92. The summed E-state index contributed by atoms with van der Waals surface area (Å²) in [7, 11) is 5.44. The van der Waals surface area contributed by atoms with Gasteiger partial charge >= 0.3 is 5.95 Å². The predicted molar refractivity (Wildman–Crippen MR) is 44.6 cm³/mol. The minimum absolute atomic E-state index is 0.282. The summed E-state index contributed by atoms with van der Waals surface area (Å²) in [5.41, 5.74) is 0.868. The molecular weight excluding hydrogens is 157 g/mol. The molecule has 1 aromatic heterocycles. The summed E-state index contributed by atoms with van der Waals surface area (Å²) >= 11 is 0. The van der Waals surface area contributed by atoms with Gasteiger partial charge in [-0.05, 0) is 11.3 Å². The fourth-order valence-corrected chi connectivity index (χ4v) is 0.922. The van der Waals surface area contributed by atoms with Gasteiger partial charge in [-0.25, -0.2) is 0 Å². The maximum Gasteiger partial charge on any atom is 0.431 e. The highest BCUT2D eigenvalue weighted by molar-refractivity contribution is 6.31. The zero-order valence-corrected chi connectivity index (χ0v) is 6.70. The van der Waals surface area contributed by atoms with E-state index in [0.29, 0.717) is 17.7 Å². The molecule has 0 fully saturated rings. The van der Waals surface area contributed by atoms with Crippen molar-refractivity contribution < 1.29 is 4.92 Å². The summed E-state index contributed by atoms with van der Waals surface area (Å²) in [6.07, 6.45) is 1.53. The zero-order valence-electron chi connectivity index (χ0n) is 6.70. The molecular formula is C6H8BN3O2. The summed E-state index contributed by atoms with van der Waals surface area (Å²) in [6.45, 7) is 1.96. The van der Waals surface area contributed by atoms with Gasteiger partial charge in [0.05, 0.1) is 5.59 Å². The van der Waals surface area contributed by atoms with Crippen LogP contribution in [0.25, 0.3) is 0 Å². The van der Waals surface area contributed by atoms with E-state index in [1.165, 1.54) is 0 Å². The minimum atomic E-state index is -0.588. The van der Waals surface area contributed by atoms with Crippen LogP contribution in [-0.2, 0) is 6.42 Å². The van der Waals surface area contributed by atoms with E-state index >= 15 is 0 Å². The molecule has 0 aliphatic rings. The van der Waals surface area contributed by atoms with Crippen molar-refractivity contribution in [1.82, 2.24) is 9.97 Å². The van der Waals surface area contributed by atoms with Gasteiger partial charge in [-0.15, -0.1) is 0 Å². The fraction of sp³-hybridized carbons (Fsp3) is 0.500. The molecule has 5 nitrogen and oxygen atoms in total. The maximum atomic E-state index is 10.2. The molecule has 6 heteroatoms. The molecule has 0 saturated carbocycles. The Hall–Kier alpha value is -1.33. The van der Waals surface area contributed by atoms with Gasteiger partial charge in [0.2, 0.25) is 0 Å². The van der Waals surface area contributed by atoms with Gasteiger partial charge in [0, 0.05) is 6.42 Å². The molecule has 0 spiro atoms. The lowest BCUT2D eigenvalue weighted by Crippen LogP contribution is -2.09. The highest BCUT2D eigenvalue weighted by Gasteiger charge is 2.14. The largest absolute Gasteiger partial charge is 0.431 e. The average molecular weight is 165 g/mol. The summed E-state index contributed by atoms with van der Waals surface area (Å²) in [5.74, 6) is -0.282. The van der Waals surface area contributed by atoms with Gasteiger partial charge in [0.15, 0.2) is 7.85 Å². The quantitative estimate of drug-likeness (QED) is 0.391. The van der Waals surface area contributed by atoms with Crippen LogP contribution in [0.15, 0.2) is 0 Å². The number of hydrogen-bond acceptors (Lipinski definition) is 3. The lowest BCUT2D eigenvalue weighted by atomic mass is 10.0. The number of H-pyrrole nitrogens is 1. The molecule has 62 valence electrons. The van der Waals surface area contributed by atoms with Crippen molar-refractivity contribution in [2.75, 3.05) is 0 Å². The number of nitro groups is 1.